The number of nitrogens with zero attached hydrogens (tertiary/aromatic N) is 2. The van der Waals surface area contributed by atoms with Crippen LogP contribution in [0.2, 0.25) is 0 Å². The second kappa shape index (κ2) is 10.6. The first-order valence-electron chi connectivity index (χ1n) is 12.4. The Hall–Kier alpha value is -2.60. The average Bonchev–Trinajstić information content (AvgIpc) is 3.22. The number of hydrogen-bond donors (Lipinski definition) is 1. The molecule has 0 radical (unpaired) electrons. The summed E-state index contributed by atoms with van der Waals surface area (Å²) in [6.07, 6.45) is 8.79. The van der Waals surface area contributed by atoms with Crippen LogP contribution in [0.25, 0.3) is 11.3 Å². The number of nitrogens with one attached hydrogen (secondary N) is 1. The highest BCUT2D eigenvalue weighted by Crippen LogP contribution is 2.33. The van der Waals surface area contributed by atoms with Crippen LogP contribution in [0.3, 0.4) is 0 Å². The van der Waals surface area contributed by atoms with Crippen molar-refractivity contribution in [1.82, 2.24) is 14.8 Å². The monoisotopic (exact) mass is 451 g/mol. The van der Waals surface area contributed by atoms with Gasteiger partial charge in [-0.2, -0.15) is 0 Å². The van der Waals surface area contributed by atoms with E-state index in [-0.39, 0.29) is 17.9 Å². The summed E-state index contributed by atoms with van der Waals surface area (Å²) in [5.74, 6) is -0.132. The van der Waals surface area contributed by atoms with Gasteiger partial charge in [0.2, 0.25) is 5.91 Å². The molecule has 2 heterocycles. The number of methoxy groups -OCH3 is 1. The van der Waals surface area contributed by atoms with Crippen LogP contribution in [0, 0.1) is 0 Å². The van der Waals surface area contributed by atoms with Gasteiger partial charge in [-0.15, -0.1) is 0 Å². The van der Waals surface area contributed by atoms with Crippen LogP contribution in [-0.4, -0.2) is 53.1 Å². The minimum atomic E-state index is -0.956. The van der Waals surface area contributed by atoms with E-state index in [1.807, 2.05) is 54.0 Å². The lowest BCUT2D eigenvalue weighted by Gasteiger charge is -2.45. The Morgan fingerprint density at radius 1 is 1.03 bits per heavy atom. The molecule has 1 aromatic carbocycles. The summed E-state index contributed by atoms with van der Waals surface area (Å²) in [7, 11) is 1.66. The number of ether oxygens (including phenoxy) is 1. The third-order valence-electron chi connectivity index (χ3n) is 7.24. The van der Waals surface area contributed by atoms with Crippen LogP contribution in [0.5, 0.6) is 0 Å². The predicted octanol–water partition coefficient (Wildman–Crippen LogP) is 4.64. The Kier molecular flexibility index (Phi) is 7.53. The van der Waals surface area contributed by atoms with E-state index >= 15 is 0 Å². The standard InChI is InChI=1S/C27H37N3O3/c1-27(26(32)28-22-14-9-4-3-5-10-15-22)20-29-23(21-12-7-6-8-13-21)16-17-24(29)25(31)30(27)18-11-19-33-2/h6-8,12-13,16-17,22H,3-5,9-11,14-15,18-20H2,1-2H3,(H,28,32)/t27-/m1/s1. The van der Waals surface area contributed by atoms with Crippen molar-refractivity contribution in [3.63, 3.8) is 0 Å². The highest BCUT2D eigenvalue weighted by Gasteiger charge is 2.47. The van der Waals surface area contributed by atoms with Gasteiger partial charge in [0.25, 0.3) is 5.91 Å². The molecule has 6 nitrogen and oxygen atoms in total. The van der Waals surface area contributed by atoms with Crippen molar-refractivity contribution in [2.75, 3.05) is 20.3 Å². The fourth-order valence-electron chi connectivity index (χ4n) is 5.29. The van der Waals surface area contributed by atoms with Crippen molar-refractivity contribution in [1.29, 1.82) is 0 Å². The van der Waals surface area contributed by atoms with Gasteiger partial charge in [0.15, 0.2) is 0 Å². The number of carbonyl (C=O) groups is 2. The van der Waals surface area contributed by atoms with Crippen molar-refractivity contribution in [2.45, 2.75) is 76.4 Å². The molecule has 0 saturated heterocycles. The van der Waals surface area contributed by atoms with E-state index in [1.54, 1.807) is 12.0 Å². The largest absolute Gasteiger partial charge is 0.385 e. The first-order valence-corrected chi connectivity index (χ1v) is 12.4. The zero-order valence-electron chi connectivity index (χ0n) is 20.0. The third kappa shape index (κ3) is 5.01. The second-order valence-electron chi connectivity index (χ2n) is 9.65. The minimum absolute atomic E-state index is 0.0443. The predicted molar refractivity (Wildman–Crippen MR) is 130 cm³/mol. The molecule has 33 heavy (non-hydrogen) atoms. The Labute approximate surface area is 197 Å². The number of hydrogen-bond acceptors (Lipinski definition) is 3. The summed E-state index contributed by atoms with van der Waals surface area (Å²) in [4.78, 5) is 29.2. The number of benzene rings is 1. The SMILES string of the molecule is COCCCN1C(=O)c2ccc(-c3ccccc3)n2C[C@]1(C)C(=O)NC1CCCCCCC1. The lowest BCUT2D eigenvalue weighted by Crippen LogP contribution is -2.65. The van der Waals surface area contributed by atoms with Crippen LogP contribution in [0.4, 0.5) is 0 Å². The van der Waals surface area contributed by atoms with E-state index in [0.29, 0.717) is 31.8 Å². The quantitative estimate of drug-likeness (QED) is 0.624. The van der Waals surface area contributed by atoms with Crippen molar-refractivity contribution in [2.24, 2.45) is 0 Å². The molecule has 0 unspecified atom stereocenters. The molecule has 1 atom stereocenters. The van der Waals surface area contributed by atoms with Crippen molar-refractivity contribution < 1.29 is 14.3 Å². The van der Waals surface area contributed by atoms with E-state index in [1.165, 1.54) is 19.3 Å². The fraction of sp³-hybridized carbons (Fsp3) is 0.556. The summed E-state index contributed by atoms with van der Waals surface area (Å²) in [6.45, 7) is 3.41. The summed E-state index contributed by atoms with van der Waals surface area (Å²) in [6, 6.07) is 14.1. The van der Waals surface area contributed by atoms with E-state index < -0.39 is 5.54 Å². The summed E-state index contributed by atoms with van der Waals surface area (Å²) in [5.41, 5.74) is 1.71. The van der Waals surface area contributed by atoms with Crippen LogP contribution in [0.15, 0.2) is 42.5 Å². The van der Waals surface area contributed by atoms with Gasteiger partial charge in [0.1, 0.15) is 11.2 Å². The van der Waals surface area contributed by atoms with Gasteiger partial charge in [0.05, 0.1) is 6.54 Å². The zero-order valence-corrected chi connectivity index (χ0v) is 20.0. The topological polar surface area (TPSA) is 63.6 Å². The maximum Gasteiger partial charge on any atom is 0.271 e. The smallest absolute Gasteiger partial charge is 0.271 e. The van der Waals surface area contributed by atoms with Crippen LogP contribution >= 0.6 is 0 Å². The van der Waals surface area contributed by atoms with Gasteiger partial charge in [-0.25, -0.2) is 0 Å². The number of aromatic nitrogens is 1. The van der Waals surface area contributed by atoms with Gasteiger partial charge >= 0.3 is 0 Å². The number of carbonyl (C=O) groups excluding carboxylic acids is 2. The lowest BCUT2D eigenvalue weighted by molar-refractivity contribution is -0.133. The molecular weight excluding hydrogens is 414 g/mol. The molecule has 178 valence electrons. The molecule has 1 saturated carbocycles. The molecule has 2 aliphatic rings. The molecule has 2 amide bonds. The first-order chi connectivity index (χ1) is 16.0. The third-order valence-corrected chi connectivity index (χ3v) is 7.24. The number of rotatable bonds is 7. The van der Waals surface area contributed by atoms with Gasteiger partial charge in [-0.3, -0.25) is 9.59 Å². The molecule has 1 N–H and O–H groups in total. The highest BCUT2D eigenvalue weighted by molar-refractivity contribution is 6.00. The fourth-order valence-corrected chi connectivity index (χ4v) is 5.29. The van der Waals surface area contributed by atoms with Crippen molar-refractivity contribution in [3.8, 4) is 11.3 Å². The lowest BCUT2D eigenvalue weighted by atomic mass is 9.91. The molecule has 1 aliphatic carbocycles. The number of fused-ring (bicyclic) bond motifs is 1. The van der Waals surface area contributed by atoms with E-state index in [2.05, 4.69) is 5.32 Å². The Balaban J connectivity index is 1.64. The molecule has 1 aliphatic heterocycles. The van der Waals surface area contributed by atoms with Gasteiger partial charge in [0, 0.05) is 32.0 Å². The van der Waals surface area contributed by atoms with Gasteiger partial charge in [-0.1, -0.05) is 62.4 Å². The van der Waals surface area contributed by atoms with E-state index in [9.17, 15) is 9.59 Å². The first kappa shape index (κ1) is 23.6. The molecule has 6 heteroatoms. The van der Waals surface area contributed by atoms with Crippen LogP contribution in [0.1, 0.15) is 68.8 Å². The minimum Gasteiger partial charge on any atom is -0.385 e. The highest BCUT2D eigenvalue weighted by atomic mass is 16.5. The number of amides is 2. The van der Waals surface area contributed by atoms with E-state index in [0.717, 1.165) is 36.9 Å². The molecule has 4 rings (SSSR count). The normalized spacial score (nSPS) is 21.9. The van der Waals surface area contributed by atoms with Gasteiger partial charge < -0.3 is 19.5 Å². The summed E-state index contributed by atoms with van der Waals surface area (Å²) in [5, 5.41) is 3.34. The van der Waals surface area contributed by atoms with Gasteiger partial charge in [-0.05, 0) is 43.9 Å². The van der Waals surface area contributed by atoms with Crippen molar-refractivity contribution in [3.05, 3.63) is 48.2 Å². The Morgan fingerprint density at radius 2 is 1.70 bits per heavy atom. The molecule has 2 aromatic rings. The molecule has 0 bridgehead atoms. The maximum atomic E-state index is 13.8. The zero-order chi connectivity index (χ0) is 23.3. The Morgan fingerprint density at radius 3 is 2.39 bits per heavy atom. The van der Waals surface area contributed by atoms with Crippen molar-refractivity contribution >= 4 is 11.8 Å². The van der Waals surface area contributed by atoms with E-state index in [4.69, 9.17) is 4.74 Å². The molecular formula is C27H37N3O3. The summed E-state index contributed by atoms with van der Waals surface area (Å²) >= 11 is 0. The molecule has 1 fully saturated rings. The van der Waals surface area contributed by atoms with Crippen LogP contribution < -0.4 is 5.32 Å². The molecule has 0 spiro atoms. The molecule has 1 aromatic heterocycles. The van der Waals surface area contributed by atoms with Crippen LogP contribution in [-0.2, 0) is 16.1 Å². The average molecular weight is 452 g/mol. The second-order valence-corrected chi connectivity index (χ2v) is 9.65. The Bertz CT molecular complexity index is 947. The maximum absolute atomic E-state index is 13.8. The summed E-state index contributed by atoms with van der Waals surface area (Å²) < 4.78 is 7.26.